The van der Waals surface area contributed by atoms with Crippen LogP contribution in [0.4, 0.5) is 5.95 Å². The minimum Gasteiger partial charge on any atom is -0.473 e. The van der Waals surface area contributed by atoms with E-state index in [1.165, 1.54) is 0 Å². The number of carboxylic acids is 2. The second-order valence-corrected chi connectivity index (χ2v) is 6.01. The monoisotopic (exact) mass is 365 g/mol. The van der Waals surface area contributed by atoms with E-state index in [0.717, 1.165) is 58.1 Å². The maximum absolute atomic E-state index is 12.1. The summed E-state index contributed by atoms with van der Waals surface area (Å²) in [7, 11) is 0. The maximum Gasteiger partial charge on any atom is 0.414 e. The lowest BCUT2D eigenvalue weighted by molar-refractivity contribution is -0.159. The molecule has 0 saturated carbocycles. The molecule has 2 N–H and O–H groups in total. The van der Waals surface area contributed by atoms with E-state index in [1.54, 1.807) is 12.4 Å². The fourth-order valence-electron chi connectivity index (χ4n) is 2.82. The van der Waals surface area contributed by atoms with E-state index in [2.05, 4.69) is 19.8 Å². The van der Waals surface area contributed by atoms with E-state index < -0.39 is 11.9 Å². The molecule has 0 aromatic carbocycles. The molecular weight excluding hydrogens is 342 g/mol. The van der Waals surface area contributed by atoms with Crippen LogP contribution in [0.25, 0.3) is 0 Å². The second kappa shape index (κ2) is 9.66. The van der Waals surface area contributed by atoms with Gasteiger partial charge in [0.15, 0.2) is 0 Å². The third-order valence-electron chi connectivity index (χ3n) is 4.21. The van der Waals surface area contributed by atoms with Crippen molar-refractivity contribution in [2.45, 2.75) is 12.8 Å². The zero-order chi connectivity index (χ0) is 18.9. The number of piperazine rings is 1. The molecule has 2 aliphatic rings. The topological polar surface area (TPSA) is 127 Å². The van der Waals surface area contributed by atoms with Crippen molar-refractivity contribution in [2.24, 2.45) is 0 Å². The number of amides is 1. The number of nitrogens with zero attached hydrogens (tertiary/aromatic N) is 5. The third kappa shape index (κ3) is 5.96. The van der Waals surface area contributed by atoms with Crippen molar-refractivity contribution in [3.63, 3.8) is 0 Å². The van der Waals surface area contributed by atoms with Crippen LogP contribution in [0, 0.1) is 0 Å². The van der Waals surface area contributed by atoms with Gasteiger partial charge < -0.3 is 20.0 Å². The number of aromatic nitrogens is 2. The summed E-state index contributed by atoms with van der Waals surface area (Å²) in [6.07, 6.45) is 5.85. The number of likely N-dealkylation sites (tertiary alicyclic amines) is 1. The predicted molar refractivity (Wildman–Crippen MR) is 91.8 cm³/mol. The minimum atomic E-state index is -1.82. The zero-order valence-corrected chi connectivity index (χ0v) is 14.5. The van der Waals surface area contributed by atoms with Crippen LogP contribution in [0.2, 0.25) is 0 Å². The first-order valence-electron chi connectivity index (χ1n) is 8.45. The first kappa shape index (κ1) is 19.6. The van der Waals surface area contributed by atoms with Gasteiger partial charge in [0.05, 0.1) is 6.54 Å². The molecule has 1 aromatic heterocycles. The minimum absolute atomic E-state index is 0.284. The van der Waals surface area contributed by atoms with E-state index in [4.69, 9.17) is 19.8 Å². The van der Waals surface area contributed by atoms with Crippen LogP contribution in [0.3, 0.4) is 0 Å². The van der Waals surface area contributed by atoms with Gasteiger partial charge in [0.1, 0.15) is 0 Å². The lowest BCUT2D eigenvalue weighted by Crippen LogP contribution is -2.50. The van der Waals surface area contributed by atoms with Crippen LogP contribution in [-0.2, 0) is 14.4 Å². The molecule has 3 heterocycles. The molecule has 0 atom stereocenters. The summed E-state index contributed by atoms with van der Waals surface area (Å²) in [4.78, 5) is 45.3. The number of aliphatic carboxylic acids is 2. The maximum atomic E-state index is 12.1. The van der Waals surface area contributed by atoms with Gasteiger partial charge >= 0.3 is 11.9 Å². The molecular formula is C16H23N5O5. The molecule has 2 fully saturated rings. The molecule has 1 aromatic rings. The number of hydrogen-bond acceptors (Lipinski definition) is 7. The molecule has 3 rings (SSSR count). The van der Waals surface area contributed by atoms with Crippen LogP contribution >= 0.6 is 0 Å². The summed E-state index contributed by atoms with van der Waals surface area (Å²) in [5.74, 6) is -2.57. The standard InChI is InChI=1S/C14H21N5O.C2H2O4/c20-13(18-6-1-2-7-18)12-17-8-10-19(11-9-17)14-15-4-3-5-16-14;3-1(4)2(5)6/h3-5H,1-2,6-12H2;(H,3,4)(H,5,6). The second-order valence-electron chi connectivity index (χ2n) is 6.01. The molecule has 0 radical (unpaired) electrons. The average Bonchev–Trinajstić information content (AvgIpc) is 3.18. The van der Waals surface area contributed by atoms with Crippen LogP contribution in [0.15, 0.2) is 18.5 Å². The summed E-state index contributed by atoms with van der Waals surface area (Å²) in [6.45, 7) is 6.01. The van der Waals surface area contributed by atoms with Crippen molar-refractivity contribution in [1.82, 2.24) is 19.8 Å². The van der Waals surface area contributed by atoms with E-state index >= 15 is 0 Å². The number of carbonyl (C=O) groups excluding carboxylic acids is 1. The summed E-state index contributed by atoms with van der Waals surface area (Å²) < 4.78 is 0. The molecule has 0 aliphatic carbocycles. The van der Waals surface area contributed by atoms with E-state index in [-0.39, 0.29) is 5.91 Å². The van der Waals surface area contributed by atoms with Crippen molar-refractivity contribution in [1.29, 1.82) is 0 Å². The molecule has 142 valence electrons. The smallest absolute Gasteiger partial charge is 0.414 e. The fraction of sp³-hybridized carbons (Fsp3) is 0.562. The molecule has 1 amide bonds. The summed E-state index contributed by atoms with van der Waals surface area (Å²) in [5.41, 5.74) is 0. The lowest BCUT2D eigenvalue weighted by atomic mass is 10.3. The van der Waals surface area contributed by atoms with Gasteiger partial charge in [-0.3, -0.25) is 9.69 Å². The number of carboxylic acid groups (broad SMARTS) is 2. The Morgan fingerprint density at radius 1 is 0.885 bits per heavy atom. The molecule has 0 bridgehead atoms. The van der Waals surface area contributed by atoms with E-state index in [0.29, 0.717) is 6.54 Å². The highest BCUT2D eigenvalue weighted by atomic mass is 16.4. The highest BCUT2D eigenvalue weighted by Crippen LogP contribution is 2.11. The molecule has 2 saturated heterocycles. The van der Waals surface area contributed by atoms with Crippen LogP contribution in [0.1, 0.15) is 12.8 Å². The van der Waals surface area contributed by atoms with Gasteiger partial charge in [0.2, 0.25) is 11.9 Å². The van der Waals surface area contributed by atoms with Gasteiger partial charge in [0, 0.05) is 51.7 Å². The Bertz CT molecular complexity index is 601. The molecule has 10 heteroatoms. The number of carbonyl (C=O) groups is 3. The lowest BCUT2D eigenvalue weighted by Gasteiger charge is -2.34. The highest BCUT2D eigenvalue weighted by molar-refractivity contribution is 6.27. The fourth-order valence-corrected chi connectivity index (χ4v) is 2.82. The number of anilines is 1. The van der Waals surface area contributed by atoms with Gasteiger partial charge in [-0.15, -0.1) is 0 Å². The van der Waals surface area contributed by atoms with Crippen molar-refractivity contribution < 1.29 is 24.6 Å². The van der Waals surface area contributed by atoms with Gasteiger partial charge in [-0.25, -0.2) is 19.6 Å². The van der Waals surface area contributed by atoms with E-state index in [1.807, 2.05) is 11.0 Å². The first-order valence-corrected chi connectivity index (χ1v) is 8.45. The predicted octanol–water partition coefficient (Wildman–Crippen LogP) is -0.623. The van der Waals surface area contributed by atoms with Crippen molar-refractivity contribution in [3.8, 4) is 0 Å². The Morgan fingerprint density at radius 3 is 1.92 bits per heavy atom. The summed E-state index contributed by atoms with van der Waals surface area (Å²) in [6, 6.07) is 1.83. The largest absolute Gasteiger partial charge is 0.473 e. The Labute approximate surface area is 151 Å². The Balaban J connectivity index is 0.000000352. The van der Waals surface area contributed by atoms with Crippen molar-refractivity contribution in [2.75, 3.05) is 50.7 Å². The first-order chi connectivity index (χ1) is 12.5. The van der Waals surface area contributed by atoms with E-state index in [9.17, 15) is 4.79 Å². The molecule has 0 spiro atoms. The average molecular weight is 365 g/mol. The van der Waals surface area contributed by atoms with Gasteiger partial charge in [-0.05, 0) is 18.9 Å². The molecule has 0 unspecified atom stereocenters. The molecule has 26 heavy (non-hydrogen) atoms. The molecule has 2 aliphatic heterocycles. The van der Waals surface area contributed by atoms with Gasteiger partial charge in [0.25, 0.3) is 0 Å². The summed E-state index contributed by atoms with van der Waals surface area (Å²) >= 11 is 0. The van der Waals surface area contributed by atoms with Crippen molar-refractivity contribution in [3.05, 3.63) is 18.5 Å². The Morgan fingerprint density at radius 2 is 1.42 bits per heavy atom. The Hall–Kier alpha value is -2.75. The highest BCUT2D eigenvalue weighted by Gasteiger charge is 2.24. The number of rotatable bonds is 3. The van der Waals surface area contributed by atoms with Crippen LogP contribution in [-0.4, -0.2) is 93.6 Å². The third-order valence-corrected chi connectivity index (χ3v) is 4.21. The molecule has 10 nitrogen and oxygen atoms in total. The Kier molecular flexibility index (Phi) is 7.27. The van der Waals surface area contributed by atoms with Crippen molar-refractivity contribution >= 4 is 23.8 Å². The van der Waals surface area contributed by atoms with Gasteiger partial charge in [-0.1, -0.05) is 0 Å². The van der Waals surface area contributed by atoms with Gasteiger partial charge in [-0.2, -0.15) is 0 Å². The normalized spacial score (nSPS) is 17.4. The quantitative estimate of drug-likeness (QED) is 0.673. The summed E-state index contributed by atoms with van der Waals surface area (Å²) in [5, 5.41) is 14.8. The zero-order valence-electron chi connectivity index (χ0n) is 14.5. The number of hydrogen-bond donors (Lipinski definition) is 2. The SMILES string of the molecule is O=C(CN1CCN(c2ncccn2)CC1)N1CCCC1.O=C(O)C(=O)O. The van der Waals surface area contributed by atoms with Crippen LogP contribution < -0.4 is 4.90 Å². The van der Waals surface area contributed by atoms with Crippen LogP contribution in [0.5, 0.6) is 0 Å².